The average Bonchev–Trinajstić information content (AvgIpc) is 2.70. The van der Waals surface area contributed by atoms with Gasteiger partial charge in [-0.15, -0.1) is 0 Å². The molecule has 2 N–H and O–H groups in total. The molecule has 0 fully saturated rings. The molecule has 1 amide bonds. The van der Waals surface area contributed by atoms with E-state index in [1.807, 2.05) is 19.1 Å². The fourth-order valence-corrected chi connectivity index (χ4v) is 2.08. The SMILES string of the molecule is Cc1cccc(Cl)c1NC(=O)c1cc(Br)c[nH]1. The molecule has 1 aromatic carbocycles. The number of anilines is 1. The van der Waals surface area contributed by atoms with Crippen molar-refractivity contribution in [3.05, 3.63) is 51.2 Å². The Hall–Kier alpha value is -1.26. The fraction of sp³-hybridized carbons (Fsp3) is 0.0833. The zero-order valence-electron chi connectivity index (χ0n) is 9.05. The van der Waals surface area contributed by atoms with E-state index in [4.69, 9.17) is 11.6 Å². The molecular formula is C12H10BrClN2O. The number of aromatic amines is 1. The molecule has 0 radical (unpaired) electrons. The Morgan fingerprint density at radius 3 is 2.82 bits per heavy atom. The third-order valence-electron chi connectivity index (χ3n) is 2.35. The highest BCUT2D eigenvalue weighted by Gasteiger charge is 2.11. The lowest BCUT2D eigenvalue weighted by atomic mass is 10.2. The van der Waals surface area contributed by atoms with Crippen LogP contribution in [0.3, 0.4) is 0 Å². The van der Waals surface area contributed by atoms with Crippen molar-refractivity contribution in [3.63, 3.8) is 0 Å². The molecule has 0 aliphatic carbocycles. The Morgan fingerprint density at radius 2 is 2.24 bits per heavy atom. The second-order valence-corrected chi connectivity index (χ2v) is 4.94. The first-order valence-electron chi connectivity index (χ1n) is 4.98. The molecule has 0 atom stereocenters. The van der Waals surface area contributed by atoms with E-state index < -0.39 is 0 Å². The van der Waals surface area contributed by atoms with E-state index in [2.05, 4.69) is 26.2 Å². The van der Waals surface area contributed by atoms with Crippen molar-refractivity contribution in [2.75, 3.05) is 5.32 Å². The van der Waals surface area contributed by atoms with E-state index in [-0.39, 0.29) is 5.91 Å². The number of carbonyl (C=O) groups excluding carboxylic acids is 1. The molecule has 0 saturated carbocycles. The molecule has 1 heterocycles. The molecule has 0 aliphatic rings. The first kappa shape index (κ1) is 12.2. The largest absolute Gasteiger partial charge is 0.356 e. The Kier molecular flexibility index (Phi) is 3.54. The van der Waals surface area contributed by atoms with Crippen molar-refractivity contribution >= 4 is 39.1 Å². The number of amides is 1. The zero-order chi connectivity index (χ0) is 12.4. The number of para-hydroxylation sites is 1. The van der Waals surface area contributed by atoms with Gasteiger partial charge in [0.1, 0.15) is 5.69 Å². The van der Waals surface area contributed by atoms with Crippen LogP contribution in [0, 0.1) is 6.92 Å². The van der Waals surface area contributed by atoms with Crippen LogP contribution in [0.15, 0.2) is 34.9 Å². The predicted molar refractivity (Wildman–Crippen MR) is 72.6 cm³/mol. The highest BCUT2D eigenvalue weighted by atomic mass is 79.9. The Bertz CT molecular complexity index is 545. The molecule has 2 aromatic rings. The number of hydrogen-bond donors (Lipinski definition) is 2. The van der Waals surface area contributed by atoms with Crippen LogP contribution in [0.25, 0.3) is 0 Å². The summed E-state index contributed by atoms with van der Waals surface area (Å²) >= 11 is 9.31. The molecule has 17 heavy (non-hydrogen) atoms. The van der Waals surface area contributed by atoms with E-state index >= 15 is 0 Å². The molecule has 88 valence electrons. The average molecular weight is 314 g/mol. The summed E-state index contributed by atoms with van der Waals surface area (Å²) in [5, 5.41) is 3.32. The molecule has 1 aromatic heterocycles. The highest BCUT2D eigenvalue weighted by molar-refractivity contribution is 9.10. The van der Waals surface area contributed by atoms with Gasteiger partial charge in [0.2, 0.25) is 0 Å². The number of carbonyl (C=O) groups is 1. The van der Waals surface area contributed by atoms with Crippen LogP contribution >= 0.6 is 27.5 Å². The molecule has 2 rings (SSSR count). The van der Waals surface area contributed by atoms with Gasteiger partial charge >= 0.3 is 0 Å². The van der Waals surface area contributed by atoms with Gasteiger partial charge in [-0.05, 0) is 40.5 Å². The molecule has 0 spiro atoms. The predicted octanol–water partition coefficient (Wildman–Crippen LogP) is 3.99. The molecule has 5 heteroatoms. The Balaban J connectivity index is 2.24. The Morgan fingerprint density at radius 1 is 1.47 bits per heavy atom. The molecule has 0 bridgehead atoms. The van der Waals surface area contributed by atoms with Gasteiger partial charge in [0.05, 0.1) is 10.7 Å². The first-order valence-corrected chi connectivity index (χ1v) is 6.15. The van der Waals surface area contributed by atoms with Crippen LogP contribution in [0.4, 0.5) is 5.69 Å². The van der Waals surface area contributed by atoms with E-state index in [9.17, 15) is 4.79 Å². The number of nitrogens with one attached hydrogen (secondary N) is 2. The summed E-state index contributed by atoms with van der Waals surface area (Å²) in [5.41, 5.74) is 2.05. The monoisotopic (exact) mass is 312 g/mol. The molecule has 3 nitrogen and oxygen atoms in total. The van der Waals surface area contributed by atoms with Crippen LogP contribution in [-0.4, -0.2) is 10.9 Å². The fourth-order valence-electron chi connectivity index (χ4n) is 1.47. The second kappa shape index (κ2) is 4.94. The smallest absolute Gasteiger partial charge is 0.272 e. The highest BCUT2D eigenvalue weighted by Crippen LogP contribution is 2.25. The Labute approximate surface area is 112 Å². The number of benzene rings is 1. The quantitative estimate of drug-likeness (QED) is 0.865. The third-order valence-corrected chi connectivity index (χ3v) is 3.13. The zero-order valence-corrected chi connectivity index (χ0v) is 11.4. The number of aromatic nitrogens is 1. The number of aryl methyl sites for hydroxylation is 1. The number of rotatable bonds is 2. The lowest BCUT2D eigenvalue weighted by Gasteiger charge is -2.09. The normalized spacial score (nSPS) is 10.3. The molecule has 0 aliphatic heterocycles. The van der Waals surface area contributed by atoms with Crippen LogP contribution in [-0.2, 0) is 0 Å². The van der Waals surface area contributed by atoms with E-state index in [0.717, 1.165) is 10.0 Å². The summed E-state index contributed by atoms with van der Waals surface area (Å²) in [6.45, 7) is 1.89. The van der Waals surface area contributed by atoms with E-state index in [1.165, 1.54) is 0 Å². The van der Waals surface area contributed by atoms with Crippen molar-refractivity contribution in [2.24, 2.45) is 0 Å². The van der Waals surface area contributed by atoms with Crippen LogP contribution in [0.5, 0.6) is 0 Å². The van der Waals surface area contributed by atoms with Gasteiger partial charge in [-0.1, -0.05) is 23.7 Å². The summed E-state index contributed by atoms with van der Waals surface area (Å²) in [5.74, 6) is -0.216. The minimum atomic E-state index is -0.216. The third kappa shape index (κ3) is 2.70. The van der Waals surface area contributed by atoms with Crippen LogP contribution in [0.1, 0.15) is 16.1 Å². The van der Waals surface area contributed by atoms with Crippen molar-refractivity contribution in [3.8, 4) is 0 Å². The summed E-state index contributed by atoms with van der Waals surface area (Å²) in [6.07, 6.45) is 1.70. The molecular weight excluding hydrogens is 304 g/mol. The van der Waals surface area contributed by atoms with Crippen molar-refractivity contribution in [1.82, 2.24) is 4.98 Å². The van der Waals surface area contributed by atoms with Gasteiger partial charge in [0, 0.05) is 10.7 Å². The second-order valence-electron chi connectivity index (χ2n) is 3.62. The van der Waals surface area contributed by atoms with Crippen LogP contribution < -0.4 is 5.32 Å². The summed E-state index contributed by atoms with van der Waals surface area (Å²) in [6, 6.07) is 7.20. The van der Waals surface area contributed by atoms with Gasteiger partial charge < -0.3 is 10.3 Å². The van der Waals surface area contributed by atoms with Crippen molar-refractivity contribution < 1.29 is 4.79 Å². The van der Waals surface area contributed by atoms with Gasteiger partial charge in [-0.25, -0.2) is 0 Å². The first-order chi connectivity index (χ1) is 8.08. The lowest BCUT2D eigenvalue weighted by molar-refractivity contribution is 0.102. The lowest BCUT2D eigenvalue weighted by Crippen LogP contribution is -2.13. The maximum absolute atomic E-state index is 11.9. The van der Waals surface area contributed by atoms with Gasteiger partial charge in [-0.3, -0.25) is 4.79 Å². The summed E-state index contributed by atoms with van der Waals surface area (Å²) < 4.78 is 0.832. The maximum Gasteiger partial charge on any atom is 0.272 e. The maximum atomic E-state index is 11.9. The number of H-pyrrole nitrogens is 1. The minimum absolute atomic E-state index is 0.216. The van der Waals surface area contributed by atoms with Crippen LogP contribution in [0.2, 0.25) is 5.02 Å². The minimum Gasteiger partial charge on any atom is -0.356 e. The molecule has 0 unspecified atom stereocenters. The van der Waals surface area contributed by atoms with E-state index in [0.29, 0.717) is 16.4 Å². The van der Waals surface area contributed by atoms with Crippen molar-refractivity contribution in [2.45, 2.75) is 6.92 Å². The standard InChI is InChI=1S/C12H10BrClN2O/c1-7-3-2-4-9(14)11(7)16-12(17)10-5-8(13)6-15-10/h2-6,15H,1H3,(H,16,17). The topological polar surface area (TPSA) is 44.9 Å². The van der Waals surface area contributed by atoms with Crippen molar-refractivity contribution in [1.29, 1.82) is 0 Å². The molecule has 0 saturated heterocycles. The van der Waals surface area contributed by atoms with E-state index in [1.54, 1.807) is 18.3 Å². The summed E-state index contributed by atoms with van der Waals surface area (Å²) in [7, 11) is 0. The van der Waals surface area contributed by atoms with Gasteiger partial charge in [0.15, 0.2) is 0 Å². The van der Waals surface area contributed by atoms with Gasteiger partial charge in [0.25, 0.3) is 5.91 Å². The number of halogens is 2. The summed E-state index contributed by atoms with van der Waals surface area (Å²) in [4.78, 5) is 14.8. The number of hydrogen-bond acceptors (Lipinski definition) is 1. The van der Waals surface area contributed by atoms with Gasteiger partial charge in [-0.2, -0.15) is 0 Å².